The molecule has 1 saturated carbocycles. The molecule has 0 spiro atoms. The summed E-state index contributed by atoms with van der Waals surface area (Å²) in [5.41, 5.74) is 5.10. The third-order valence-corrected chi connectivity index (χ3v) is 4.93. The van der Waals surface area contributed by atoms with Gasteiger partial charge in [-0.1, -0.05) is 13.8 Å². The molecule has 1 fully saturated rings. The Labute approximate surface area is 103 Å². The molecule has 17 heavy (non-hydrogen) atoms. The monoisotopic (exact) mass is 232 g/mol. The van der Waals surface area contributed by atoms with Crippen LogP contribution in [0.5, 0.6) is 0 Å². The lowest BCUT2D eigenvalue weighted by atomic mass is 9.76. The zero-order chi connectivity index (χ0) is 12.2. The van der Waals surface area contributed by atoms with Crippen molar-refractivity contribution >= 4 is 0 Å². The molecule has 0 amide bonds. The number of hydrogen-bond donors (Lipinski definition) is 0. The molecule has 0 aliphatic heterocycles. The van der Waals surface area contributed by atoms with E-state index in [1.165, 1.54) is 29.5 Å². The van der Waals surface area contributed by atoms with Crippen LogP contribution in [0.1, 0.15) is 55.4 Å². The van der Waals surface area contributed by atoms with Crippen LogP contribution in [0.15, 0.2) is 6.07 Å². The van der Waals surface area contributed by atoms with Crippen molar-refractivity contribution in [3.8, 4) is 0 Å². The van der Waals surface area contributed by atoms with E-state index in [1.54, 1.807) is 0 Å². The summed E-state index contributed by atoms with van der Waals surface area (Å²) in [5.74, 6) is 0.812. The number of rotatable bonds is 2. The lowest BCUT2D eigenvalue weighted by molar-refractivity contribution is 0.447. The first kappa shape index (κ1) is 11.3. The van der Waals surface area contributed by atoms with Gasteiger partial charge < -0.3 is 0 Å². The summed E-state index contributed by atoms with van der Waals surface area (Å²) < 4.78 is 14.1. The fourth-order valence-corrected chi connectivity index (χ4v) is 3.60. The minimum absolute atomic E-state index is 0.0480. The highest BCUT2D eigenvalue weighted by atomic mass is 19.1. The first-order chi connectivity index (χ1) is 8.01. The summed E-state index contributed by atoms with van der Waals surface area (Å²) in [5, 5.41) is 0. The maximum atomic E-state index is 14.1. The fraction of sp³-hybridized carbons (Fsp3) is 0.625. The van der Waals surface area contributed by atoms with Crippen molar-refractivity contribution in [1.29, 1.82) is 0 Å². The van der Waals surface area contributed by atoms with Crippen molar-refractivity contribution < 1.29 is 4.39 Å². The summed E-state index contributed by atoms with van der Waals surface area (Å²) >= 11 is 0. The molecule has 2 aliphatic carbocycles. The van der Waals surface area contributed by atoms with Gasteiger partial charge in [-0.05, 0) is 78.7 Å². The quantitative estimate of drug-likeness (QED) is 0.712. The van der Waals surface area contributed by atoms with E-state index in [2.05, 4.69) is 20.8 Å². The Kier molecular flexibility index (Phi) is 2.36. The van der Waals surface area contributed by atoms with Crippen LogP contribution in [-0.2, 0) is 18.3 Å². The van der Waals surface area contributed by atoms with Crippen LogP contribution in [-0.4, -0.2) is 0 Å². The van der Waals surface area contributed by atoms with Crippen LogP contribution >= 0.6 is 0 Å². The normalized spacial score (nSPS) is 19.5. The molecular weight excluding hydrogens is 211 g/mol. The Morgan fingerprint density at radius 3 is 2.47 bits per heavy atom. The van der Waals surface area contributed by atoms with E-state index in [0.717, 1.165) is 30.7 Å². The smallest absolute Gasteiger partial charge is 0.126 e. The highest BCUT2D eigenvalue weighted by Crippen LogP contribution is 2.49. The van der Waals surface area contributed by atoms with Crippen LogP contribution in [0.3, 0.4) is 0 Å². The predicted octanol–water partition coefficient (Wildman–Crippen LogP) is 4.31. The Bertz CT molecular complexity index is 467. The highest BCUT2D eigenvalue weighted by Gasteiger charge is 2.40. The average Bonchev–Trinajstić information content (AvgIpc) is 3.01. The lowest BCUT2D eigenvalue weighted by Crippen LogP contribution is -2.22. The van der Waals surface area contributed by atoms with E-state index in [1.807, 2.05) is 6.07 Å². The molecular formula is C16H21F. The summed E-state index contributed by atoms with van der Waals surface area (Å²) in [6.45, 7) is 6.77. The molecule has 92 valence electrons. The third kappa shape index (κ3) is 1.63. The molecule has 0 N–H and O–H groups in total. The number of benzene rings is 1. The summed E-state index contributed by atoms with van der Waals surface area (Å²) in [7, 11) is 0. The first-order valence-corrected chi connectivity index (χ1v) is 6.83. The predicted molar refractivity (Wildman–Crippen MR) is 68.9 cm³/mol. The molecule has 0 bridgehead atoms. The second-order valence-electron chi connectivity index (χ2n) is 6.34. The lowest BCUT2D eigenvalue weighted by Gasteiger charge is -2.28. The SMILES string of the molecule is Cc1c(C(C)(C)C2CC2)cc(F)c2c1CCC2. The van der Waals surface area contributed by atoms with Crippen molar-refractivity contribution in [1.82, 2.24) is 0 Å². The van der Waals surface area contributed by atoms with Gasteiger partial charge in [0.05, 0.1) is 0 Å². The molecule has 0 heterocycles. The molecule has 0 aromatic heterocycles. The molecule has 0 nitrogen and oxygen atoms in total. The molecule has 2 aliphatic rings. The van der Waals surface area contributed by atoms with Gasteiger partial charge in [-0.3, -0.25) is 0 Å². The third-order valence-electron chi connectivity index (χ3n) is 4.93. The number of fused-ring (bicyclic) bond motifs is 1. The van der Waals surface area contributed by atoms with Gasteiger partial charge in [0, 0.05) is 0 Å². The van der Waals surface area contributed by atoms with Gasteiger partial charge in [0.1, 0.15) is 5.82 Å². The summed E-state index contributed by atoms with van der Waals surface area (Å²) in [6, 6.07) is 1.83. The van der Waals surface area contributed by atoms with E-state index >= 15 is 0 Å². The minimum atomic E-state index is 0.0480. The van der Waals surface area contributed by atoms with Gasteiger partial charge in [-0.15, -0.1) is 0 Å². The van der Waals surface area contributed by atoms with Crippen molar-refractivity contribution in [3.05, 3.63) is 34.1 Å². The summed E-state index contributed by atoms with van der Waals surface area (Å²) in [4.78, 5) is 0. The molecule has 3 rings (SSSR count). The van der Waals surface area contributed by atoms with Gasteiger partial charge in [0.25, 0.3) is 0 Å². The van der Waals surface area contributed by atoms with E-state index in [9.17, 15) is 4.39 Å². The Morgan fingerprint density at radius 2 is 1.82 bits per heavy atom. The van der Waals surface area contributed by atoms with Gasteiger partial charge in [0.15, 0.2) is 0 Å². The van der Waals surface area contributed by atoms with E-state index in [4.69, 9.17) is 0 Å². The molecule has 0 saturated heterocycles. The van der Waals surface area contributed by atoms with Crippen molar-refractivity contribution in [2.24, 2.45) is 5.92 Å². The maximum absolute atomic E-state index is 14.1. The number of halogens is 1. The standard InChI is InChI=1S/C16H21F/c1-10-12-5-4-6-13(12)15(17)9-14(10)16(2,3)11-7-8-11/h9,11H,4-8H2,1-3H3. The average molecular weight is 232 g/mol. The second-order valence-corrected chi connectivity index (χ2v) is 6.34. The van der Waals surface area contributed by atoms with Crippen molar-refractivity contribution in [2.75, 3.05) is 0 Å². The van der Waals surface area contributed by atoms with Gasteiger partial charge >= 0.3 is 0 Å². The largest absolute Gasteiger partial charge is 0.207 e. The van der Waals surface area contributed by atoms with Gasteiger partial charge in [0.2, 0.25) is 0 Å². The van der Waals surface area contributed by atoms with Crippen molar-refractivity contribution in [3.63, 3.8) is 0 Å². The van der Waals surface area contributed by atoms with E-state index in [0.29, 0.717) is 0 Å². The molecule has 1 heteroatoms. The van der Waals surface area contributed by atoms with Gasteiger partial charge in [-0.2, -0.15) is 0 Å². The minimum Gasteiger partial charge on any atom is -0.207 e. The van der Waals surface area contributed by atoms with Gasteiger partial charge in [-0.25, -0.2) is 4.39 Å². The number of hydrogen-bond acceptors (Lipinski definition) is 0. The molecule has 0 radical (unpaired) electrons. The second kappa shape index (κ2) is 3.57. The van der Waals surface area contributed by atoms with Crippen molar-refractivity contribution in [2.45, 2.75) is 58.3 Å². The topological polar surface area (TPSA) is 0 Å². The molecule has 1 aromatic carbocycles. The molecule has 0 atom stereocenters. The summed E-state index contributed by atoms with van der Waals surface area (Å²) in [6.07, 6.45) is 5.76. The van der Waals surface area contributed by atoms with E-state index in [-0.39, 0.29) is 11.2 Å². The van der Waals surface area contributed by atoms with E-state index < -0.39 is 0 Å². The van der Waals surface area contributed by atoms with Crippen LogP contribution in [0, 0.1) is 18.7 Å². The molecule has 1 aromatic rings. The zero-order valence-electron chi connectivity index (χ0n) is 11.1. The van der Waals surface area contributed by atoms with Crippen LogP contribution in [0.2, 0.25) is 0 Å². The molecule has 0 unspecified atom stereocenters. The maximum Gasteiger partial charge on any atom is 0.126 e. The van der Waals surface area contributed by atoms with Crippen LogP contribution in [0.25, 0.3) is 0 Å². The Morgan fingerprint density at radius 1 is 1.18 bits per heavy atom. The Balaban J connectivity index is 2.15. The fourth-order valence-electron chi connectivity index (χ4n) is 3.60. The zero-order valence-corrected chi connectivity index (χ0v) is 11.1. The first-order valence-electron chi connectivity index (χ1n) is 6.83. The van der Waals surface area contributed by atoms with Crippen LogP contribution in [0.4, 0.5) is 4.39 Å². The van der Waals surface area contributed by atoms with Crippen LogP contribution < -0.4 is 0 Å². The highest BCUT2D eigenvalue weighted by molar-refractivity contribution is 5.47. The Hall–Kier alpha value is -0.850.